The second-order valence-electron chi connectivity index (χ2n) is 7.97. The van der Waals surface area contributed by atoms with Gasteiger partial charge >= 0.3 is 0 Å². The van der Waals surface area contributed by atoms with Gasteiger partial charge in [0.15, 0.2) is 0 Å². The number of nitrogens with one attached hydrogen (secondary N) is 1. The molecule has 4 bridgehead atoms. The SMILES string of the molecule is CCCCC12CC3CC(C1)[C@H](Cc1ccccc1)C(C3)NO2. The van der Waals surface area contributed by atoms with E-state index in [0.717, 1.165) is 17.8 Å². The quantitative estimate of drug-likeness (QED) is 0.864. The molecule has 0 aromatic heterocycles. The van der Waals surface area contributed by atoms with Crippen LogP contribution < -0.4 is 5.48 Å². The number of rotatable bonds is 5. The van der Waals surface area contributed by atoms with Crippen LogP contribution in [0.15, 0.2) is 30.3 Å². The van der Waals surface area contributed by atoms with E-state index < -0.39 is 0 Å². The van der Waals surface area contributed by atoms with Gasteiger partial charge in [0.25, 0.3) is 0 Å². The minimum Gasteiger partial charge on any atom is -0.295 e. The fourth-order valence-electron chi connectivity index (χ4n) is 5.42. The van der Waals surface area contributed by atoms with E-state index in [0.29, 0.717) is 6.04 Å². The fraction of sp³-hybridized carbons (Fsp3) is 0.700. The normalized spacial score (nSPS) is 39.9. The molecule has 120 valence electrons. The number of benzene rings is 1. The molecular weight excluding hydrogens is 270 g/mol. The Morgan fingerprint density at radius 1 is 1.18 bits per heavy atom. The van der Waals surface area contributed by atoms with Crippen LogP contribution in [0.25, 0.3) is 0 Å². The Hall–Kier alpha value is -0.860. The molecule has 5 atom stereocenters. The maximum atomic E-state index is 6.34. The molecule has 2 aliphatic carbocycles. The summed E-state index contributed by atoms with van der Waals surface area (Å²) in [5.74, 6) is 2.50. The van der Waals surface area contributed by atoms with Crippen molar-refractivity contribution in [3.63, 3.8) is 0 Å². The molecule has 2 saturated heterocycles. The molecule has 2 heterocycles. The van der Waals surface area contributed by atoms with E-state index in [-0.39, 0.29) is 5.60 Å². The van der Waals surface area contributed by atoms with Gasteiger partial charge in [0, 0.05) is 6.04 Å². The summed E-state index contributed by atoms with van der Waals surface area (Å²) in [7, 11) is 0. The first kappa shape index (κ1) is 14.7. The summed E-state index contributed by atoms with van der Waals surface area (Å²) in [6.45, 7) is 2.29. The molecule has 2 aliphatic heterocycles. The van der Waals surface area contributed by atoms with Gasteiger partial charge in [0.1, 0.15) is 0 Å². The van der Waals surface area contributed by atoms with Crippen molar-refractivity contribution in [1.82, 2.24) is 5.48 Å². The van der Waals surface area contributed by atoms with Crippen LogP contribution in [-0.4, -0.2) is 11.6 Å². The molecule has 4 unspecified atom stereocenters. The van der Waals surface area contributed by atoms with Gasteiger partial charge in [-0.3, -0.25) is 4.84 Å². The Kier molecular flexibility index (Phi) is 4.00. The van der Waals surface area contributed by atoms with Gasteiger partial charge in [0.2, 0.25) is 0 Å². The number of hydrogen-bond donors (Lipinski definition) is 1. The summed E-state index contributed by atoms with van der Waals surface area (Å²) in [5.41, 5.74) is 5.16. The molecule has 0 radical (unpaired) electrons. The molecule has 4 fully saturated rings. The third-order valence-electron chi connectivity index (χ3n) is 6.37. The van der Waals surface area contributed by atoms with Crippen LogP contribution >= 0.6 is 0 Å². The van der Waals surface area contributed by atoms with Gasteiger partial charge < -0.3 is 0 Å². The average molecular weight is 299 g/mol. The van der Waals surface area contributed by atoms with Crippen molar-refractivity contribution in [3.8, 4) is 0 Å². The molecule has 0 spiro atoms. The van der Waals surface area contributed by atoms with E-state index in [2.05, 4.69) is 42.7 Å². The predicted molar refractivity (Wildman–Crippen MR) is 89.3 cm³/mol. The molecule has 1 aromatic rings. The van der Waals surface area contributed by atoms with Crippen molar-refractivity contribution in [2.45, 2.75) is 69.9 Å². The number of unbranched alkanes of at least 4 members (excludes halogenated alkanes) is 1. The summed E-state index contributed by atoms with van der Waals surface area (Å²) in [6, 6.07) is 11.6. The molecule has 2 heteroatoms. The van der Waals surface area contributed by atoms with E-state index in [1.54, 1.807) is 0 Å². The minimum atomic E-state index is 0.143. The predicted octanol–water partition coefficient (Wildman–Crippen LogP) is 4.50. The lowest BCUT2D eigenvalue weighted by Crippen LogP contribution is -2.45. The summed E-state index contributed by atoms with van der Waals surface area (Å²) >= 11 is 0. The summed E-state index contributed by atoms with van der Waals surface area (Å²) in [5, 5.41) is 0. The standard InChI is InChI=1S/C20H29NO/c1-2-3-9-20-13-16-10-17(14-20)18(19(12-16)21-22-20)11-15-7-5-4-6-8-15/h4-8,16-19,21H,2-3,9-14H2,1H3/t16?,17?,18-,19?,20?/m0/s1. The largest absolute Gasteiger partial charge is 0.295 e. The lowest BCUT2D eigenvalue weighted by atomic mass is 9.59. The zero-order chi connectivity index (χ0) is 15.0. The molecule has 2 nitrogen and oxygen atoms in total. The van der Waals surface area contributed by atoms with Gasteiger partial charge in [-0.25, -0.2) is 0 Å². The van der Waals surface area contributed by atoms with E-state index in [4.69, 9.17) is 4.84 Å². The highest BCUT2D eigenvalue weighted by atomic mass is 16.7. The van der Waals surface area contributed by atoms with Crippen molar-refractivity contribution >= 4 is 0 Å². The van der Waals surface area contributed by atoms with Gasteiger partial charge in [-0.05, 0) is 61.8 Å². The van der Waals surface area contributed by atoms with E-state index in [1.165, 1.54) is 56.9 Å². The zero-order valence-corrected chi connectivity index (χ0v) is 13.8. The first-order chi connectivity index (χ1) is 10.8. The van der Waals surface area contributed by atoms with Crippen LogP contribution in [0.1, 0.15) is 57.4 Å². The molecule has 1 aromatic carbocycles. The minimum absolute atomic E-state index is 0.143. The van der Waals surface area contributed by atoms with Crippen molar-refractivity contribution in [2.75, 3.05) is 0 Å². The van der Waals surface area contributed by atoms with E-state index in [9.17, 15) is 0 Å². The lowest BCUT2D eigenvalue weighted by Gasteiger charge is -2.46. The topological polar surface area (TPSA) is 21.3 Å². The third-order valence-corrected chi connectivity index (χ3v) is 6.37. The molecule has 22 heavy (non-hydrogen) atoms. The van der Waals surface area contributed by atoms with Crippen molar-refractivity contribution in [3.05, 3.63) is 35.9 Å². The molecule has 4 aliphatic rings. The van der Waals surface area contributed by atoms with Crippen LogP contribution in [-0.2, 0) is 11.3 Å². The lowest BCUT2D eigenvalue weighted by molar-refractivity contribution is -0.125. The molecule has 2 saturated carbocycles. The van der Waals surface area contributed by atoms with Crippen molar-refractivity contribution in [2.24, 2.45) is 17.8 Å². The van der Waals surface area contributed by atoms with E-state index >= 15 is 0 Å². The molecule has 0 amide bonds. The first-order valence-electron chi connectivity index (χ1n) is 9.25. The smallest absolute Gasteiger partial charge is 0.0902 e. The third kappa shape index (κ3) is 2.72. The van der Waals surface area contributed by atoms with Gasteiger partial charge in [-0.1, -0.05) is 50.1 Å². The van der Waals surface area contributed by atoms with Gasteiger partial charge in [0.05, 0.1) is 5.60 Å². The second-order valence-corrected chi connectivity index (χ2v) is 7.97. The Bertz CT molecular complexity index is 502. The highest BCUT2D eigenvalue weighted by Gasteiger charge is 2.52. The highest BCUT2D eigenvalue weighted by molar-refractivity contribution is 5.17. The van der Waals surface area contributed by atoms with Crippen molar-refractivity contribution in [1.29, 1.82) is 0 Å². The first-order valence-corrected chi connectivity index (χ1v) is 9.25. The Morgan fingerprint density at radius 3 is 2.86 bits per heavy atom. The fourth-order valence-corrected chi connectivity index (χ4v) is 5.42. The summed E-state index contributed by atoms with van der Waals surface area (Å²) in [6.07, 6.45) is 10.4. The molecular formula is C20H29NO. The number of hydroxylamine groups is 1. The van der Waals surface area contributed by atoms with Gasteiger partial charge in [-0.15, -0.1) is 0 Å². The number of fused-ring (bicyclic) bond motifs is 1. The second kappa shape index (κ2) is 5.98. The Morgan fingerprint density at radius 2 is 2.05 bits per heavy atom. The Balaban J connectivity index is 1.54. The van der Waals surface area contributed by atoms with Crippen LogP contribution in [0.2, 0.25) is 0 Å². The summed E-state index contributed by atoms with van der Waals surface area (Å²) < 4.78 is 0. The molecule has 1 N–H and O–H groups in total. The Labute approximate surface area is 134 Å². The maximum Gasteiger partial charge on any atom is 0.0902 e. The highest BCUT2D eigenvalue weighted by Crippen LogP contribution is 2.53. The van der Waals surface area contributed by atoms with Crippen LogP contribution in [0.3, 0.4) is 0 Å². The zero-order valence-electron chi connectivity index (χ0n) is 13.8. The summed E-state index contributed by atoms with van der Waals surface area (Å²) in [4.78, 5) is 6.34. The number of hydrogen-bond acceptors (Lipinski definition) is 2. The van der Waals surface area contributed by atoms with Crippen LogP contribution in [0.5, 0.6) is 0 Å². The van der Waals surface area contributed by atoms with Crippen molar-refractivity contribution < 1.29 is 4.84 Å². The van der Waals surface area contributed by atoms with E-state index in [1.807, 2.05) is 0 Å². The van der Waals surface area contributed by atoms with Crippen LogP contribution in [0.4, 0.5) is 0 Å². The maximum absolute atomic E-state index is 6.34. The molecule has 5 rings (SSSR count). The monoisotopic (exact) mass is 299 g/mol. The average Bonchev–Trinajstić information content (AvgIpc) is 2.73. The van der Waals surface area contributed by atoms with Gasteiger partial charge in [-0.2, -0.15) is 5.48 Å². The van der Waals surface area contributed by atoms with Crippen LogP contribution in [0, 0.1) is 17.8 Å².